The Morgan fingerprint density at radius 3 is 2.54 bits per heavy atom. The molecule has 3 rings (SSSR count). The van der Waals surface area contributed by atoms with Crippen LogP contribution in [0.2, 0.25) is 5.02 Å². The summed E-state index contributed by atoms with van der Waals surface area (Å²) in [5.41, 5.74) is 3.42. The van der Waals surface area contributed by atoms with Crippen LogP contribution in [-0.4, -0.2) is 27.1 Å². The van der Waals surface area contributed by atoms with Crippen LogP contribution in [0.4, 0.5) is 11.4 Å². The second kappa shape index (κ2) is 8.79. The van der Waals surface area contributed by atoms with E-state index in [-0.39, 0.29) is 26.9 Å². The van der Waals surface area contributed by atoms with Gasteiger partial charge in [0.1, 0.15) is 4.90 Å². The fourth-order valence-electron chi connectivity index (χ4n) is 2.56. The Labute approximate surface area is 183 Å². The summed E-state index contributed by atoms with van der Waals surface area (Å²) in [6.45, 7) is 0. The van der Waals surface area contributed by atoms with Crippen molar-refractivity contribution < 1.29 is 8.42 Å². The van der Waals surface area contributed by atoms with E-state index in [1.165, 1.54) is 23.5 Å². The van der Waals surface area contributed by atoms with Crippen molar-refractivity contribution in [2.24, 2.45) is 17.2 Å². The Balaban J connectivity index is 0.00000280. The van der Waals surface area contributed by atoms with Crippen molar-refractivity contribution in [3.8, 4) is 11.3 Å². The third kappa shape index (κ3) is 4.84. The van der Waals surface area contributed by atoms with Gasteiger partial charge in [0, 0.05) is 37.8 Å². The largest absolute Gasteiger partial charge is 0.378 e. The lowest BCUT2D eigenvalue weighted by molar-refractivity contribution is 0.598. The van der Waals surface area contributed by atoms with E-state index in [4.69, 9.17) is 21.7 Å². The number of sulfonamides is 1. The molecule has 0 atom stereocenters. The van der Waals surface area contributed by atoms with Crippen LogP contribution in [0.3, 0.4) is 0 Å². The van der Waals surface area contributed by atoms with Crippen LogP contribution in [0.5, 0.6) is 0 Å². The number of thiazole rings is 1. The quantitative estimate of drug-likeness (QED) is 0.586. The molecule has 0 spiro atoms. The molecule has 1 aromatic heterocycles. The maximum Gasteiger partial charge on any atom is 0.239 e. The van der Waals surface area contributed by atoms with Crippen molar-refractivity contribution in [1.29, 1.82) is 0 Å². The Bertz CT molecular complexity index is 1170. The van der Waals surface area contributed by atoms with E-state index in [2.05, 4.69) is 0 Å². The van der Waals surface area contributed by atoms with E-state index >= 15 is 0 Å². The van der Waals surface area contributed by atoms with Crippen molar-refractivity contribution in [3.63, 3.8) is 0 Å². The van der Waals surface area contributed by atoms with Crippen molar-refractivity contribution in [1.82, 2.24) is 4.57 Å². The van der Waals surface area contributed by atoms with Crippen LogP contribution in [-0.2, 0) is 17.1 Å². The highest BCUT2D eigenvalue weighted by Gasteiger charge is 2.15. The first-order chi connectivity index (χ1) is 12.7. The summed E-state index contributed by atoms with van der Waals surface area (Å²) in [7, 11) is 1.94. The predicted octanol–water partition coefficient (Wildman–Crippen LogP) is 3.93. The zero-order valence-electron chi connectivity index (χ0n) is 15.5. The van der Waals surface area contributed by atoms with Gasteiger partial charge in [0.2, 0.25) is 10.0 Å². The highest BCUT2D eigenvalue weighted by atomic mass is 79.9. The minimum absolute atomic E-state index is 0. The number of rotatable bonds is 4. The molecule has 0 aliphatic heterocycles. The van der Waals surface area contributed by atoms with E-state index in [0.717, 1.165) is 21.9 Å². The molecule has 6 nitrogen and oxygen atoms in total. The molecule has 0 bridgehead atoms. The third-order valence-corrected chi connectivity index (χ3v) is 6.34. The fourth-order valence-corrected chi connectivity index (χ4v) is 4.56. The summed E-state index contributed by atoms with van der Waals surface area (Å²) >= 11 is 7.44. The van der Waals surface area contributed by atoms with Crippen molar-refractivity contribution in [2.75, 3.05) is 19.0 Å². The van der Waals surface area contributed by atoms with Gasteiger partial charge >= 0.3 is 0 Å². The number of benzene rings is 2. The highest BCUT2D eigenvalue weighted by molar-refractivity contribution is 8.93. The first-order valence-electron chi connectivity index (χ1n) is 7.96. The molecule has 0 aliphatic carbocycles. The normalized spacial score (nSPS) is 12.0. The SMILES string of the molecule is Br.CN(C)c1cccc(/N=c2/scc(-c3ccc(Cl)c(S(N)(=O)=O)c3)n2C)c1. The number of hydrogen-bond acceptors (Lipinski definition) is 5. The predicted molar refractivity (Wildman–Crippen MR) is 121 cm³/mol. The van der Waals surface area contributed by atoms with Gasteiger partial charge in [-0.1, -0.05) is 23.7 Å². The number of hydrogen-bond donors (Lipinski definition) is 1. The maximum atomic E-state index is 11.7. The second-order valence-electron chi connectivity index (χ2n) is 6.18. The van der Waals surface area contributed by atoms with Gasteiger partial charge in [-0.25, -0.2) is 18.5 Å². The van der Waals surface area contributed by atoms with Gasteiger partial charge in [0.25, 0.3) is 0 Å². The van der Waals surface area contributed by atoms with Gasteiger partial charge in [-0.3, -0.25) is 0 Å². The molecule has 0 unspecified atom stereocenters. The summed E-state index contributed by atoms with van der Waals surface area (Å²) < 4.78 is 25.4. The van der Waals surface area contributed by atoms with Crippen LogP contribution in [0.25, 0.3) is 11.3 Å². The van der Waals surface area contributed by atoms with Gasteiger partial charge in [-0.05, 0) is 30.3 Å². The summed E-state index contributed by atoms with van der Waals surface area (Å²) in [5.74, 6) is 0. The molecule has 0 saturated carbocycles. The number of anilines is 1. The number of aromatic nitrogens is 1. The number of nitrogens with zero attached hydrogens (tertiary/aromatic N) is 3. The first kappa shape index (κ1) is 22.6. The average molecular weight is 504 g/mol. The highest BCUT2D eigenvalue weighted by Crippen LogP contribution is 2.28. The number of nitrogens with two attached hydrogens (primary N) is 1. The van der Waals surface area contributed by atoms with Crippen LogP contribution < -0.4 is 14.8 Å². The average Bonchev–Trinajstić information content (AvgIpc) is 2.95. The topological polar surface area (TPSA) is 80.7 Å². The van der Waals surface area contributed by atoms with E-state index in [9.17, 15) is 8.42 Å². The molecule has 10 heteroatoms. The fraction of sp³-hybridized carbons (Fsp3) is 0.167. The van der Waals surface area contributed by atoms with E-state index in [1.54, 1.807) is 6.07 Å². The molecule has 2 N–H and O–H groups in total. The van der Waals surface area contributed by atoms with Crippen molar-refractivity contribution in [2.45, 2.75) is 4.90 Å². The van der Waals surface area contributed by atoms with Crippen LogP contribution in [0.15, 0.2) is 57.7 Å². The van der Waals surface area contributed by atoms with Crippen molar-refractivity contribution in [3.05, 3.63) is 57.7 Å². The summed E-state index contributed by atoms with van der Waals surface area (Å²) in [4.78, 5) is 7.41. The lowest BCUT2D eigenvalue weighted by atomic mass is 10.2. The maximum absolute atomic E-state index is 11.7. The van der Waals surface area contributed by atoms with Gasteiger partial charge in [0.05, 0.1) is 16.4 Å². The van der Waals surface area contributed by atoms with Crippen LogP contribution >= 0.6 is 39.9 Å². The zero-order valence-corrected chi connectivity index (χ0v) is 19.6. The Morgan fingerprint density at radius 1 is 1.18 bits per heavy atom. The Hall–Kier alpha value is -1.65. The standard InChI is InChI=1S/C18H19ClN4O2S2.BrH/c1-22(2)14-6-4-5-13(10-14)21-18-23(3)16(11-26-18)12-7-8-15(19)17(9-12)27(20,24)25;/h4-11H,1-3H3,(H2,20,24,25);1H/b21-18+;. The van der Waals surface area contributed by atoms with Crippen LogP contribution in [0.1, 0.15) is 0 Å². The molecule has 2 aromatic carbocycles. The molecule has 0 saturated heterocycles. The third-order valence-electron chi connectivity index (χ3n) is 4.03. The molecule has 0 amide bonds. The minimum atomic E-state index is -3.90. The summed E-state index contributed by atoms with van der Waals surface area (Å²) in [5, 5.41) is 7.27. The first-order valence-corrected chi connectivity index (χ1v) is 10.8. The number of halogens is 2. The molecule has 0 aliphatic rings. The van der Waals surface area contributed by atoms with Gasteiger partial charge in [-0.15, -0.1) is 28.3 Å². The summed E-state index contributed by atoms with van der Waals surface area (Å²) in [6.07, 6.45) is 0. The number of primary sulfonamides is 1. The smallest absolute Gasteiger partial charge is 0.239 e. The molecule has 1 heterocycles. The lowest BCUT2D eigenvalue weighted by Crippen LogP contribution is -2.14. The molecular formula is C18H20BrClN4O2S2. The molecular weight excluding hydrogens is 484 g/mol. The monoisotopic (exact) mass is 502 g/mol. The molecule has 3 aromatic rings. The molecule has 28 heavy (non-hydrogen) atoms. The summed E-state index contributed by atoms with van der Waals surface area (Å²) in [6, 6.07) is 12.7. The minimum Gasteiger partial charge on any atom is -0.378 e. The van der Waals surface area contributed by atoms with Gasteiger partial charge in [0.15, 0.2) is 4.80 Å². The van der Waals surface area contributed by atoms with Crippen molar-refractivity contribution >= 4 is 61.3 Å². The van der Waals surface area contributed by atoms with Gasteiger partial charge < -0.3 is 9.47 Å². The second-order valence-corrected chi connectivity index (χ2v) is 8.95. The molecule has 150 valence electrons. The Kier molecular flexibility index (Phi) is 7.11. The zero-order chi connectivity index (χ0) is 19.8. The molecule has 0 radical (unpaired) electrons. The van der Waals surface area contributed by atoms with Gasteiger partial charge in [-0.2, -0.15) is 0 Å². The van der Waals surface area contributed by atoms with Crippen LogP contribution in [0, 0.1) is 0 Å². The van der Waals surface area contributed by atoms with E-state index in [1.807, 2.05) is 60.3 Å². The Morgan fingerprint density at radius 2 is 1.89 bits per heavy atom. The lowest BCUT2D eigenvalue weighted by Gasteiger charge is -2.12. The van der Waals surface area contributed by atoms with E-state index in [0.29, 0.717) is 5.56 Å². The van der Waals surface area contributed by atoms with E-state index < -0.39 is 10.0 Å². The molecule has 0 fully saturated rings.